The number of nitrogens with zero attached hydrogens (tertiary/aromatic N) is 1. The number of carbonyl (C=O) groups is 1. The predicted octanol–water partition coefficient (Wildman–Crippen LogP) is 7.09. The molecule has 0 saturated carbocycles. The van der Waals surface area contributed by atoms with Crippen molar-refractivity contribution in [3.63, 3.8) is 0 Å². The van der Waals surface area contributed by atoms with Crippen molar-refractivity contribution < 1.29 is 31.4 Å². The third kappa shape index (κ3) is 5.17. The molecule has 38 heavy (non-hydrogen) atoms. The molecular weight excluding hydrogens is 567 g/mol. The van der Waals surface area contributed by atoms with Crippen LogP contribution in [-0.4, -0.2) is 22.0 Å². The number of carbonyl (C=O) groups excluding carboxylic acids is 1. The van der Waals surface area contributed by atoms with E-state index >= 15 is 0 Å². The third-order valence-electron chi connectivity index (χ3n) is 6.32. The second-order valence-corrected chi connectivity index (χ2v) is 10.9. The van der Waals surface area contributed by atoms with E-state index in [1.54, 1.807) is 25.1 Å². The molecule has 5 nitrogen and oxygen atoms in total. The van der Waals surface area contributed by atoms with Gasteiger partial charge < -0.3 is 4.84 Å². The van der Waals surface area contributed by atoms with Gasteiger partial charge in [-0.2, -0.15) is 13.2 Å². The van der Waals surface area contributed by atoms with Gasteiger partial charge in [0.2, 0.25) is 0 Å². The quantitative estimate of drug-likeness (QED) is 0.256. The number of halogens is 6. The van der Waals surface area contributed by atoms with Crippen molar-refractivity contribution in [1.82, 2.24) is 4.72 Å². The van der Waals surface area contributed by atoms with Crippen molar-refractivity contribution in [2.45, 2.75) is 43.9 Å². The Labute approximate surface area is 228 Å². The summed E-state index contributed by atoms with van der Waals surface area (Å²) in [4.78, 5) is 18.2. The van der Waals surface area contributed by atoms with Crippen LogP contribution in [0, 0.1) is 26.6 Å². The van der Waals surface area contributed by atoms with E-state index in [0.29, 0.717) is 10.5 Å². The van der Waals surface area contributed by atoms with Gasteiger partial charge in [0, 0.05) is 17.5 Å². The van der Waals surface area contributed by atoms with E-state index in [2.05, 4.69) is 9.88 Å². The van der Waals surface area contributed by atoms with Crippen molar-refractivity contribution in [2.75, 3.05) is 0 Å². The van der Waals surface area contributed by atoms with E-state index in [4.69, 9.17) is 28.0 Å². The lowest BCUT2D eigenvalue weighted by Gasteiger charge is -2.29. The fourth-order valence-electron chi connectivity index (χ4n) is 3.97. The SMILES string of the molecule is Cc1ccc(S(=O)NC(=O)c2ccc(C3=NOC(c4cc(Cl)c(F)c(Cl)c4)(C(F)(F)F)C3)cc2C)cc1C. The molecule has 1 aliphatic rings. The van der Waals surface area contributed by atoms with Crippen LogP contribution in [0.3, 0.4) is 0 Å². The standard InChI is InChI=1S/C26H20Cl2F4N2O3S/c1-13-4-6-18(9-14(13)2)38(36)34-24(35)19-7-5-16(8-15(19)3)22-12-25(37-33-22,26(30,31)32)17-10-20(27)23(29)21(28)11-17/h4-11H,12H2,1-3H3,(H,34,35). The summed E-state index contributed by atoms with van der Waals surface area (Å²) in [6, 6.07) is 11.1. The number of rotatable bonds is 5. The molecule has 0 aromatic heterocycles. The molecule has 0 aliphatic carbocycles. The summed E-state index contributed by atoms with van der Waals surface area (Å²) in [6.45, 7) is 5.36. The largest absolute Gasteiger partial charge is 0.435 e. The van der Waals surface area contributed by atoms with E-state index in [-0.39, 0.29) is 16.8 Å². The molecule has 1 N–H and O–H groups in total. The molecule has 4 rings (SSSR count). The van der Waals surface area contributed by atoms with Crippen molar-refractivity contribution in [1.29, 1.82) is 0 Å². The number of benzene rings is 3. The van der Waals surface area contributed by atoms with Crippen LogP contribution >= 0.6 is 23.2 Å². The fraction of sp³-hybridized carbons (Fsp3) is 0.231. The molecule has 12 heteroatoms. The Hall–Kier alpha value is -2.95. The first-order chi connectivity index (χ1) is 17.7. The van der Waals surface area contributed by atoms with Crippen LogP contribution < -0.4 is 4.72 Å². The molecule has 200 valence electrons. The van der Waals surface area contributed by atoms with Crippen molar-refractivity contribution in [2.24, 2.45) is 5.16 Å². The molecule has 3 aromatic rings. The van der Waals surface area contributed by atoms with Crippen LogP contribution in [0.5, 0.6) is 0 Å². The summed E-state index contributed by atoms with van der Waals surface area (Å²) in [5, 5.41) is 2.50. The molecule has 0 fully saturated rings. The average Bonchev–Trinajstić information content (AvgIpc) is 3.31. The van der Waals surface area contributed by atoms with Gasteiger partial charge in [-0.25, -0.2) is 8.60 Å². The van der Waals surface area contributed by atoms with Gasteiger partial charge in [-0.05, 0) is 79.4 Å². The number of nitrogens with one attached hydrogen (secondary N) is 1. The van der Waals surface area contributed by atoms with Crippen LogP contribution in [0.4, 0.5) is 17.6 Å². The Morgan fingerprint density at radius 3 is 2.24 bits per heavy atom. The highest BCUT2D eigenvalue weighted by Crippen LogP contribution is 2.50. The number of alkyl halides is 3. The van der Waals surface area contributed by atoms with Crippen LogP contribution in [0.25, 0.3) is 0 Å². The fourth-order valence-corrected chi connectivity index (χ4v) is 5.33. The topological polar surface area (TPSA) is 67.8 Å². The Morgan fingerprint density at radius 2 is 1.66 bits per heavy atom. The Kier molecular flexibility index (Phi) is 7.62. The summed E-state index contributed by atoms with van der Waals surface area (Å²) in [5.41, 5.74) is -0.667. The van der Waals surface area contributed by atoms with Gasteiger partial charge in [-0.1, -0.05) is 40.5 Å². The maximum Gasteiger partial charge on any atom is 0.435 e. The van der Waals surface area contributed by atoms with Crippen LogP contribution in [0.2, 0.25) is 10.0 Å². The molecular formula is C26H20Cl2F4N2O3S. The summed E-state index contributed by atoms with van der Waals surface area (Å²) < 4.78 is 71.7. The van der Waals surface area contributed by atoms with Gasteiger partial charge in [0.15, 0.2) is 16.8 Å². The Morgan fingerprint density at radius 1 is 1.00 bits per heavy atom. The zero-order valence-electron chi connectivity index (χ0n) is 20.2. The normalized spacial score (nSPS) is 18.1. The van der Waals surface area contributed by atoms with Crippen LogP contribution in [-0.2, 0) is 21.4 Å². The van der Waals surface area contributed by atoms with E-state index in [1.165, 1.54) is 18.2 Å². The van der Waals surface area contributed by atoms with Gasteiger partial charge in [-0.3, -0.25) is 9.52 Å². The zero-order valence-corrected chi connectivity index (χ0v) is 22.5. The van der Waals surface area contributed by atoms with Crippen molar-refractivity contribution in [3.8, 4) is 0 Å². The van der Waals surface area contributed by atoms with Gasteiger partial charge in [0.1, 0.15) is 0 Å². The molecule has 3 aromatic carbocycles. The summed E-state index contributed by atoms with van der Waals surface area (Å²) in [7, 11) is -1.81. The summed E-state index contributed by atoms with van der Waals surface area (Å²) >= 11 is 11.5. The summed E-state index contributed by atoms with van der Waals surface area (Å²) in [5.74, 6) is -1.66. The molecule has 2 unspecified atom stereocenters. The first-order valence-corrected chi connectivity index (χ1v) is 13.0. The second-order valence-electron chi connectivity index (χ2n) is 8.86. The van der Waals surface area contributed by atoms with Gasteiger partial charge >= 0.3 is 6.18 Å². The lowest BCUT2D eigenvalue weighted by atomic mass is 9.86. The van der Waals surface area contributed by atoms with E-state index < -0.39 is 56.5 Å². The Bertz CT molecular complexity index is 1490. The maximum atomic E-state index is 14.3. The molecule has 0 bridgehead atoms. The molecule has 0 saturated heterocycles. The van der Waals surface area contributed by atoms with Crippen molar-refractivity contribution >= 4 is 45.8 Å². The predicted molar refractivity (Wildman–Crippen MR) is 137 cm³/mol. The van der Waals surface area contributed by atoms with E-state index in [1.807, 2.05) is 13.8 Å². The zero-order chi connectivity index (χ0) is 28.0. The average molecular weight is 587 g/mol. The number of hydrogen-bond acceptors (Lipinski definition) is 4. The van der Waals surface area contributed by atoms with Gasteiger partial charge in [0.25, 0.3) is 11.5 Å². The van der Waals surface area contributed by atoms with E-state index in [0.717, 1.165) is 23.3 Å². The molecule has 2 atom stereocenters. The molecule has 1 aliphatic heterocycles. The lowest BCUT2D eigenvalue weighted by molar-refractivity contribution is -0.275. The smallest absolute Gasteiger partial charge is 0.374 e. The first kappa shape index (κ1) is 28.1. The molecule has 0 radical (unpaired) electrons. The molecule has 0 spiro atoms. The number of aryl methyl sites for hydroxylation is 3. The number of amides is 1. The Balaban J connectivity index is 1.57. The monoisotopic (exact) mass is 586 g/mol. The van der Waals surface area contributed by atoms with Crippen molar-refractivity contribution in [3.05, 3.63) is 97.8 Å². The second kappa shape index (κ2) is 10.3. The first-order valence-electron chi connectivity index (χ1n) is 11.1. The highest BCUT2D eigenvalue weighted by atomic mass is 35.5. The van der Waals surface area contributed by atoms with Crippen LogP contribution in [0.1, 0.15) is 44.6 Å². The molecule has 1 heterocycles. The summed E-state index contributed by atoms with van der Waals surface area (Å²) in [6.07, 6.45) is -5.69. The lowest BCUT2D eigenvalue weighted by Crippen LogP contribution is -2.42. The molecule has 1 amide bonds. The highest BCUT2D eigenvalue weighted by Gasteiger charge is 2.62. The number of hydrogen-bond donors (Lipinski definition) is 1. The minimum atomic E-state index is -4.95. The third-order valence-corrected chi connectivity index (χ3v) is 7.92. The minimum absolute atomic E-state index is 0.0485. The van der Waals surface area contributed by atoms with E-state index in [9.17, 15) is 26.6 Å². The minimum Gasteiger partial charge on any atom is -0.374 e. The maximum absolute atomic E-state index is 14.3. The van der Waals surface area contributed by atoms with Gasteiger partial charge in [0.05, 0.1) is 20.7 Å². The number of oxime groups is 1. The highest BCUT2D eigenvalue weighted by molar-refractivity contribution is 7.83. The van der Waals surface area contributed by atoms with Gasteiger partial charge in [-0.15, -0.1) is 0 Å². The van der Waals surface area contributed by atoms with Crippen LogP contribution in [0.15, 0.2) is 58.6 Å².